The number of halogens is 2. The molecule has 9 nitrogen and oxygen atoms in total. The van der Waals surface area contributed by atoms with Crippen LogP contribution in [0.2, 0.25) is 10.0 Å². The number of aromatic nitrogens is 2. The van der Waals surface area contributed by atoms with Gasteiger partial charge in [-0.3, -0.25) is 19.7 Å². The first-order chi connectivity index (χ1) is 17.7. The van der Waals surface area contributed by atoms with Crippen molar-refractivity contribution in [3.8, 4) is 5.75 Å². The molecule has 3 aromatic rings. The van der Waals surface area contributed by atoms with Crippen molar-refractivity contribution >= 4 is 35.0 Å². The Morgan fingerprint density at radius 3 is 2.30 bits per heavy atom. The lowest BCUT2D eigenvalue weighted by Crippen LogP contribution is -2.49. The van der Waals surface area contributed by atoms with Gasteiger partial charge in [0, 0.05) is 63.9 Å². The third-order valence-electron chi connectivity index (χ3n) is 6.77. The minimum Gasteiger partial charge on any atom is -0.486 e. The van der Waals surface area contributed by atoms with Crippen LogP contribution in [0.4, 0.5) is 0 Å². The van der Waals surface area contributed by atoms with Gasteiger partial charge in [-0.15, -0.1) is 0 Å². The molecule has 3 heterocycles. The second-order valence-electron chi connectivity index (χ2n) is 9.21. The molecule has 2 aromatic heterocycles. The summed E-state index contributed by atoms with van der Waals surface area (Å²) in [6.45, 7) is 8.69. The number of benzene rings is 1. The highest BCUT2D eigenvalue weighted by Gasteiger charge is 2.30. The molecule has 1 aromatic carbocycles. The molecule has 0 atom stereocenters. The summed E-state index contributed by atoms with van der Waals surface area (Å²) in [5, 5.41) is 10.0. The minimum atomic E-state index is -0.765. The molecule has 37 heavy (non-hydrogen) atoms. The number of piperazine rings is 1. The summed E-state index contributed by atoms with van der Waals surface area (Å²) in [7, 11) is 1.67. The quantitative estimate of drug-likeness (QED) is 0.329. The number of hydroxylamine groups is 1. The van der Waals surface area contributed by atoms with Crippen LogP contribution in [0.3, 0.4) is 0 Å². The fourth-order valence-corrected chi connectivity index (χ4v) is 4.94. The number of hydrogen-bond donors (Lipinski definition) is 2. The third kappa shape index (κ3) is 5.96. The van der Waals surface area contributed by atoms with Crippen molar-refractivity contribution in [3.63, 3.8) is 0 Å². The maximum atomic E-state index is 13.6. The van der Waals surface area contributed by atoms with Gasteiger partial charge in [0.2, 0.25) is 0 Å². The Kier molecular flexibility index (Phi) is 8.49. The van der Waals surface area contributed by atoms with Crippen molar-refractivity contribution in [1.29, 1.82) is 0 Å². The van der Waals surface area contributed by atoms with Crippen molar-refractivity contribution in [2.75, 3.05) is 32.7 Å². The molecule has 0 radical (unpaired) electrons. The van der Waals surface area contributed by atoms with Crippen LogP contribution in [0.5, 0.6) is 5.75 Å². The van der Waals surface area contributed by atoms with Crippen molar-refractivity contribution in [2.24, 2.45) is 7.05 Å². The standard InChI is InChI=1S/C26H31Cl2N5O4/c1-17-4-5-18(2)33(17)13-10-31-8-11-32(12-9-31)26(35)23-24(20(15-30(23)3)25(34)29-36)37-16-19-6-7-21(27)22(28)14-19/h4-7,14-15,36H,8-13,16H2,1-3H3,(H,29,34). The minimum absolute atomic E-state index is 0.0545. The van der Waals surface area contributed by atoms with E-state index >= 15 is 0 Å². The van der Waals surface area contributed by atoms with Gasteiger partial charge >= 0.3 is 0 Å². The van der Waals surface area contributed by atoms with Crippen LogP contribution in [-0.4, -0.2) is 68.7 Å². The molecule has 1 fully saturated rings. The number of carbonyl (C=O) groups excluding carboxylic acids is 2. The van der Waals surface area contributed by atoms with Gasteiger partial charge in [-0.05, 0) is 43.7 Å². The van der Waals surface area contributed by atoms with Gasteiger partial charge < -0.3 is 18.8 Å². The first-order valence-corrected chi connectivity index (χ1v) is 12.8. The Bertz CT molecular complexity index is 1270. The summed E-state index contributed by atoms with van der Waals surface area (Å²) in [4.78, 5) is 30.0. The van der Waals surface area contributed by atoms with E-state index in [9.17, 15) is 14.8 Å². The normalized spacial score (nSPS) is 14.2. The van der Waals surface area contributed by atoms with E-state index in [2.05, 4.69) is 35.4 Å². The largest absolute Gasteiger partial charge is 0.486 e. The Morgan fingerprint density at radius 1 is 1.00 bits per heavy atom. The molecular formula is C26H31Cl2N5O4. The Balaban J connectivity index is 1.46. The molecule has 1 aliphatic rings. The number of carbonyl (C=O) groups is 2. The van der Waals surface area contributed by atoms with E-state index in [1.807, 2.05) is 0 Å². The van der Waals surface area contributed by atoms with Gasteiger partial charge in [-0.25, -0.2) is 5.48 Å². The number of hydrogen-bond acceptors (Lipinski definition) is 5. The Hall–Kier alpha value is -2.98. The average molecular weight is 548 g/mol. The lowest BCUT2D eigenvalue weighted by atomic mass is 10.2. The SMILES string of the molecule is Cc1ccc(C)n1CCN1CCN(C(=O)c2c(OCc3ccc(Cl)c(Cl)c3)c(C(=O)NO)cn2C)CC1. The van der Waals surface area contributed by atoms with Gasteiger partial charge in [-0.1, -0.05) is 29.3 Å². The van der Waals surface area contributed by atoms with Crippen LogP contribution >= 0.6 is 23.2 Å². The third-order valence-corrected chi connectivity index (χ3v) is 7.51. The second kappa shape index (κ2) is 11.6. The van der Waals surface area contributed by atoms with Crippen molar-refractivity contribution in [1.82, 2.24) is 24.4 Å². The zero-order valence-electron chi connectivity index (χ0n) is 21.1. The monoisotopic (exact) mass is 547 g/mol. The van der Waals surface area contributed by atoms with E-state index in [0.717, 1.165) is 26.2 Å². The molecule has 11 heteroatoms. The van der Waals surface area contributed by atoms with Gasteiger partial charge in [0.15, 0.2) is 5.75 Å². The first kappa shape index (κ1) is 27.1. The Labute approximate surface area is 226 Å². The lowest BCUT2D eigenvalue weighted by Gasteiger charge is -2.35. The molecule has 0 bridgehead atoms. The summed E-state index contributed by atoms with van der Waals surface area (Å²) in [5.74, 6) is -0.898. The molecule has 0 saturated carbocycles. The number of nitrogens with zero attached hydrogens (tertiary/aromatic N) is 4. The summed E-state index contributed by atoms with van der Waals surface area (Å²) in [6.07, 6.45) is 1.47. The number of ether oxygens (including phenoxy) is 1. The maximum Gasteiger partial charge on any atom is 0.279 e. The van der Waals surface area contributed by atoms with Crippen molar-refractivity contribution in [2.45, 2.75) is 27.0 Å². The van der Waals surface area contributed by atoms with E-state index in [4.69, 9.17) is 27.9 Å². The lowest BCUT2D eigenvalue weighted by molar-refractivity contribution is 0.0618. The maximum absolute atomic E-state index is 13.6. The van der Waals surface area contributed by atoms with Crippen molar-refractivity contribution < 1.29 is 19.5 Å². The predicted octanol–water partition coefficient (Wildman–Crippen LogP) is 3.91. The smallest absolute Gasteiger partial charge is 0.279 e. The number of nitrogens with one attached hydrogen (secondary N) is 1. The van der Waals surface area contributed by atoms with Crippen LogP contribution in [-0.2, 0) is 20.2 Å². The molecule has 1 aliphatic heterocycles. The molecule has 0 spiro atoms. The zero-order chi connectivity index (χ0) is 26.7. The highest BCUT2D eigenvalue weighted by atomic mass is 35.5. The van der Waals surface area contributed by atoms with Gasteiger partial charge in [0.25, 0.3) is 11.8 Å². The molecular weight excluding hydrogens is 517 g/mol. The molecule has 2 amide bonds. The van der Waals surface area contributed by atoms with Crippen LogP contribution in [0.25, 0.3) is 0 Å². The van der Waals surface area contributed by atoms with E-state index < -0.39 is 5.91 Å². The van der Waals surface area contributed by atoms with Gasteiger partial charge in [-0.2, -0.15) is 0 Å². The van der Waals surface area contributed by atoms with E-state index in [1.165, 1.54) is 17.6 Å². The summed E-state index contributed by atoms with van der Waals surface area (Å²) < 4.78 is 9.83. The van der Waals surface area contributed by atoms with E-state index in [0.29, 0.717) is 28.7 Å². The fourth-order valence-electron chi connectivity index (χ4n) is 4.62. The zero-order valence-corrected chi connectivity index (χ0v) is 22.6. The van der Waals surface area contributed by atoms with Crippen LogP contribution in [0.15, 0.2) is 36.5 Å². The average Bonchev–Trinajstić information content (AvgIpc) is 3.40. The highest BCUT2D eigenvalue weighted by Crippen LogP contribution is 2.30. The Morgan fingerprint density at radius 2 is 1.68 bits per heavy atom. The number of amides is 2. The second-order valence-corrected chi connectivity index (χ2v) is 10.0. The molecule has 198 valence electrons. The van der Waals surface area contributed by atoms with Crippen LogP contribution in [0, 0.1) is 13.8 Å². The fraction of sp³-hybridized carbons (Fsp3) is 0.385. The summed E-state index contributed by atoms with van der Waals surface area (Å²) in [6, 6.07) is 9.31. The summed E-state index contributed by atoms with van der Waals surface area (Å²) in [5.41, 5.74) is 5.13. The van der Waals surface area contributed by atoms with Crippen molar-refractivity contribution in [3.05, 3.63) is 74.8 Å². The van der Waals surface area contributed by atoms with Gasteiger partial charge in [0.05, 0.1) is 10.0 Å². The number of aryl methyl sites for hydroxylation is 3. The molecule has 0 unspecified atom stereocenters. The van der Waals surface area contributed by atoms with Crippen LogP contribution in [0.1, 0.15) is 37.8 Å². The predicted molar refractivity (Wildman–Crippen MR) is 142 cm³/mol. The molecule has 2 N–H and O–H groups in total. The highest BCUT2D eigenvalue weighted by molar-refractivity contribution is 6.42. The molecule has 0 aliphatic carbocycles. The molecule has 1 saturated heterocycles. The summed E-state index contributed by atoms with van der Waals surface area (Å²) >= 11 is 12.1. The topological polar surface area (TPSA) is 92.0 Å². The molecule has 4 rings (SSSR count). The first-order valence-electron chi connectivity index (χ1n) is 12.0. The van der Waals surface area contributed by atoms with Crippen LogP contribution < -0.4 is 10.2 Å². The van der Waals surface area contributed by atoms with E-state index in [1.54, 1.807) is 40.2 Å². The number of rotatable bonds is 8. The van der Waals surface area contributed by atoms with Gasteiger partial charge in [0.1, 0.15) is 17.9 Å². The van der Waals surface area contributed by atoms with E-state index in [-0.39, 0.29) is 29.5 Å².